The second kappa shape index (κ2) is 12.4. The van der Waals surface area contributed by atoms with Gasteiger partial charge in [0.05, 0.1) is 13.2 Å². The van der Waals surface area contributed by atoms with Crippen LogP contribution >= 0.6 is 0 Å². The van der Waals surface area contributed by atoms with Crippen molar-refractivity contribution in [3.63, 3.8) is 0 Å². The number of aliphatic hydroxyl groups excluding tert-OH is 1. The molecule has 2 rings (SSSR count). The van der Waals surface area contributed by atoms with Gasteiger partial charge in [-0.2, -0.15) is 0 Å². The lowest BCUT2D eigenvalue weighted by Gasteiger charge is -2.21. The van der Waals surface area contributed by atoms with Crippen LogP contribution in [0.4, 0.5) is 0 Å². The number of nitrogens with one attached hydrogen (secondary N) is 1. The molecule has 7 heteroatoms. The highest BCUT2D eigenvalue weighted by Gasteiger charge is 2.29. The van der Waals surface area contributed by atoms with Crippen LogP contribution < -0.4 is 5.32 Å². The third-order valence-electron chi connectivity index (χ3n) is 4.45. The quantitative estimate of drug-likeness (QED) is 0.581. The number of esters is 2. The van der Waals surface area contributed by atoms with Crippen molar-refractivity contribution in [3.05, 3.63) is 72.4 Å². The van der Waals surface area contributed by atoms with Crippen LogP contribution in [0.3, 0.4) is 0 Å². The van der Waals surface area contributed by atoms with Crippen molar-refractivity contribution in [2.75, 3.05) is 7.11 Å². The molecule has 0 saturated carbocycles. The number of methoxy groups -OCH3 is 1. The summed E-state index contributed by atoms with van der Waals surface area (Å²) in [6, 6.07) is 7.67. The standard InChI is InChI=1S/C23H27NO6/c1-29-23(28)21(17-11-7-6-8-12-17)24-22(27)19-14-10-5-3-2-4-9-13-18(25)15-16-20(26)30-19/h2-3,6-9,11-13,15-16,18-19,21,25H,4-5,10,14H2,1H3,(H,24,27)/b3-2-,13-9-,16-15+/t18?,19-,21+/m0/s1. The molecule has 1 unspecified atom stereocenters. The summed E-state index contributed by atoms with van der Waals surface area (Å²) in [5.74, 6) is -1.96. The van der Waals surface area contributed by atoms with Gasteiger partial charge in [-0.3, -0.25) is 4.79 Å². The van der Waals surface area contributed by atoms with Crippen molar-refractivity contribution in [3.8, 4) is 0 Å². The average molecular weight is 413 g/mol. The van der Waals surface area contributed by atoms with Crippen LogP contribution in [0.2, 0.25) is 0 Å². The Morgan fingerprint density at radius 1 is 1.17 bits per heavy atom. The van der Waals surface area contributed by atoms with E-state index in [2.05, 4.69) is 5.32 Å². The lowest BCUT2D eigenvalue weighted by molar-refractivity contribution is -0.154. The Kier molecular flexibility index (Phi) is 9.54. The van der Waals surface area contributed by atoms with Crippen LogP contribution in [0.5, 0.6) is 0 Å². The Morgan fingerprint density at radius 2 is 1.93 bits per heavy atom. The van der Waals surface area contributed by atoms with E-state index >= 15 is 0 Å². The first-order valence-corrected chi connectivity index (χ1v) is 9.83. The van der Waals surface area contributed by atoms with E-state index in [0.717, 1.165) is 6.08 Å². The maximum Gasteiger partial charge on any atom is 0.333 e. The molecule has 0 saturated heterocycles. The third kappa shape index (κ3) is 7.67. The van der Waals surface area contributed by atoms with Gasteiger partial charge in [-0.25, -0.2) is 9.59 Å². The van der Waals surface area contributed by atoms with E-state index in [9.17, 15) is 19.5 Å². The summed E-state index contributed by atoms with van der Waals surface area (Å²) in [5, 5.41) is 12.4. The summed E-state index contributed by atoms with van der Waals surface area (Å²) in [6.45, 7) is 0. The molecule has 0 spiro atoms. The van der Waals surface area contributed by atoms with Crippen LogP contribution in [-0.2, 0) is 23.9 Å². The number of allylic oxidation sites excluding steroid dienone is 3. The Morgan fingerprint density at radius 3 is 2.67 bits per heavy atom. The fraction of sp³-hybridized carbons (Fsp3) is 0.348. The van der Waals surface area contributed by atoms with Gasteiger partial charge in [0.15, 0.2) is 12.1 Å². The molecule has 3 atom stereocenters. The Balaban J connectivity index is 2.16. The number of hydrogen-bond donors (Lipinski definition) is 2. The number of carbonyl (C=O) groups is 3. The molecule has 0 aliphatic carbocycles. The monoisotopic (exact) mass is 413 g/mol. The molecule has 1 aliphatic rings. The topological polar surface area (TPSA) is 102 Å². The van der Waals surface area contributed by atoms with Gasteiger partial charge in [-0.1, -0.05) is 54.6 Å². The molecule has 1 amide bonds. The number of carbonyl (C=O) groups excluding carboxylic acids is 3. The highest BCUT2D eigenvalue weighted by atomic mass is 16.5. The van der Waals surface area contributed by atoms with Crippen LogP contribution in [0.25, 0.3) is 0 Å². The Bertz CT molecular complexity index is 799. The zero-order valence-corrected chi connectivity index (χ0v) is 16.9. The van der Waals surface area contributed by atoms with E-state index in [1.54, 1.807) is 42.5 Å². The Hall–Kier alpha value is -3.19. The summed E-state index contributed by atoms with van der Waals surface area (Å²) in [7, 11) is 1.24. The molecule has 30 heavy (non-hydrogen) atoms. The molecule has 1 aromatic rings. The number of amides is 1. The van der Waals surface area contributed by atoms with Gasteiger partial charge in [0.2, 0.25) is 0 Å². The summed E-state index contributed by atoms with van der Waals surface area (Å²) >= 11 is 0. The SMILES string of the molecule is COC(=O)[C@H](NC(=O)[C@@H]1CCC/C=C\C/C=C\C(O)/C=C/C(=O)O1)c1ccccc1. The van der Waals surface area contributed by atoms with E-state index < -0.39 is 36.1 Å². The third-order valence-corrected chi connectivity index (χ3v) is 4.45. The predicted molar refractivity (Wildman–Crippen MR) is 111 cm³/mol. The van der Waals surface area contributed by atoms with E-state index in [1.165, 1.54) is 13.2 Å². The highest BCUT2D eigenvalue weighted by molar-refractivity contribution is 5.90. The number of cyclic esters (lactones) is 1. The lowest BCUT2D eigenvalue weighted by atomic mass is 10.1. The number of benzene rings is 1. The molecule has 0 aromatic heterocycles. The average Bonchev–Trinajstić information content (AvgIpc) is 2.76. The fourth-order valence-electron chi connectivity index (χ4n) is 2.87. The molecular weight excluding hydrogens is 386 g/mol. The van der Waals surface area contributed by atoms with Crippen molar-refractivity contribution >= 4 is 17.8 Å². The summed E-state index contributed by atoms with van der Waals surface area (Å²) in [5.41, 5.74) is 0.558. The summed E-state index contributed by atoms with van der Waals surface area (Å²) in [6.07, 6.45) is 9.92. The van der Waals surface area contributed by atoms with Gasteiger partial charge in [0.1, 0.15) is 0 Å². The van der Waals surface area contributed by atoms with Gasteiger partial charge in [0.25, 0.3) is 5.91 Å². The van der Waals surface area contributed by atoms with Crippen LogP contribution in [-0.4, -0.2) is 42.3 Å². The molecule has 1 aromatic carbocycles. The van der Waals surface area contributed by atoms with Crippen LogP contribution in [0, 0.1) is 0 Å². The van der Waals surface area contributed by atoms with E-state index in [-0.39, 0.29) is 6.42 Å². The number of ether oxygens (including phenoxy) is 2. The first kappa shape index (κ1) is 23.1. The second-order valence-corrected chi connectivity index (χ2v) is 6.72. The molecule has 1 heterocycles. The second-order valence-electron chi connectivity index (χ2n) is 6.72. The Labute approximate surface area is 176 Å². The zero-order valence-electron chi connectivity index (χ0n) is 16.9. The van der Waals surface area contributed by atoms with Gasteiger partial charge >= 0.3 is 11.9 Å². The van der Waals surface area contributed by atoms with Crippen molar-refractivity contribution in [1.82, 2.24) is 5.32 Å². The number of rotatable bonds is 4. The zero-order chi connectivity index (χ0) is 21.8. The maximum absolute atomic E-state index is 12.9. The van der Waals surface area contributed by atoms with Gasteiger partial charge in [-0.15, -0.1) is 0 Å². The van der Waals surface area contributed by atoms with Crippen LogP contribution in [0.1, 0.15) is 37.3 Å². The minimum atomic E-state index is -1.08. The summed E-state index contributed by atoms with van der Waals surface area (Å²) < 4.78 is 10.1. The minimum absolute atomic E-state index is 0.289. The summed E-state index contributed by atoms with van der Waals surface area (Å²) in [4.78, 5) is 37.2. The van der Waals surface area contributed by atoms with Crippen molar-refractivity contribution in [2.45, 2.75) is 43.9 Å². The first-order chi connectivity index (χ1) is 14.5. The van der Waals surface area contributed by atoms with Gasteiger partial charge in [0, 0.05) is 6.08 Å². The maximum atomic E-state index is 12.9. The van der Waals surface area contributed by atoms with E-state index in [4.69, 9.17) is 9.47 Å². The van der Waals surface area contributed by atoms with Crippen molar-refractivity contribution in [1.29, 1.82) is 0 Å². The van der Waals surface area contributed by atoms with Crippen molar-refractivity contribution in [2.24, 2.45) is 0 Å². The molecular formula is C23H27NO6. The smallest absolute Gasteiger partial charge is 0.333 e. The molecule has 7 nitrogen and oxygen atoms in total. The minimum Gasteiger partial charge on any atom is -0.467 e. The van der Waals surface area contributed by atoms with Gasteiger partial charge < -0.3 is 19.9 Å². The number of aliphatic hydroxyl groups is 1. The lowest BCUT2D eigenvalue weighted by Crippen LogP contribution is -2.42. The molecule has 160 valence electrons. The molecule has 2 N–H and O–H groups in total. The van der Waals surface area contributed by atoms with E-state index in [0.29, 0.717) is 24.8 Å². The van der Waals surface area contributed by atoms with E-state index in [1.807, 2.05) is 12.2 Å². The van der Waals surface area contributed by atoms with Crippen LogP contribution in [0.15, 0.2) is 66.8 Å². The number of hydrogen-bond acceptors (Lipinski definition) is 6. The van der Waals surface area contributed by atoms with Crippen molar-refractivity contribution < 1.29 is 29.0 Å². The molecule has 0 fully saturated rings. The fourth-order valence-corrected chi connectivity index (χ4v) is 2.87. The molecule has 0 bridgehead atoms. The first-order valence-electron chi connectivity index (χ1n) is 9.83. The molecule has 0 radical (unpaired) electrons. The molecule has 1 aliphatic heterocycles. The largest absolute Gasteiger partial charge is 0.467 e. The highest BCUT2D eigenvalue weighted by Crippen LogP contribution is 2.16. The normalized spacial score (nSPS) is 24.4. The van der Waals surface area contributed by atoms with Gasteiger partial charge in [-0.05, 0) is 37.3 Å². The predicted octanol–water partition coefficient (Wildman–Crippen LogP) is 2.53.